The van der Waals surface area contributed by atoms with E-state index in [1.807, 2.05) is 0 Å². The number of aldehydes is 1. The van der Waals surface area contributed by atoms with E-state index < -0.39 is 0 Å². The number of fused-ring (bicyclic) bond motifs is 5. The Hall–Kier alpha value is -1.12. The van der Waals surface area contributed by atoms with Gasteiger partial charge in [0.25, 0.3) is 0 Å². The molecule has 2 saturated carbocycles. The van der Waals surface area contributed by atoms with Crippen molar-refractivity contribution in [3.8, 4) is 0 Å². The molecule has 4 aliphatic rings. The molecule has 5 unspecified atom stereocenters. The first-order valence-corrected chi connectivity index (χ1v) is 8.95. The third-order valence-corrected chi connectivity index (χ3v) is 7.85. The highest BCUT2D eigenvalue weighted by molar-refractivity contribution is 5.79. The molecule has 0 bridgehead atoms. The molecule has 3 heteroatoms. The highest BCUT2D eigenvalue weighted by Gasteiger charge is 2.58. The predicted molar refractivity (Wildman–Crippen MR) is 84.8 cm³/mol. The van der Waals surface area contributed by atoms with Crippen molar-refractivity contribution in [2.45, 2.75) is 58.8 Å². The third kappa shape index (κ3) is 1.74. The Morgan fingerprint density at radius 2 is 2.00 bits per heavy atom. The molecular formula is C19H27NO2. The van der Waals surface area contributed by atoms with Gasteiger partial charge in [0, 0.05) is 23.5 Å². The van der Waals surface area contributed by atoms with Crippen molar-refractivity contribution in [2.75, 3.05) is 0 Å². The summed E-state index contributed by atoms with van der Waals surface area (Å²) in [6.45, 7) is 4.73. The summed E-state index contributed by atoms with van der Waals surface area (Å²) < 4.78 is 0. The van der Waals surface area contributed by atoms with Crippen molar-refractivity contribution in [2.24, 2.45) is 34.5 Å². The van der Waals surface area contributed by atoms with Gasteiger partial charge in [0.2, 0.25) is 5.91 Å². The minimum absolute atomic E-state index is 0.150. The summed E-state index contributed by atoms with van der Waals surface area (Å²) in [5.41, 5.74) is 1.57. The average Bonchev–Trinajstić information content (AvgIpc) is 2.84. The molecule has 120 valence electrons. The fourth-order valence-electron chi connectivity index (χ4n) is 6.46. The van der Waals surface area contributed by atoms with Crippen molar-refractivity contribution in [3.05, 3.63) is 11.8 Å². The van der Waals surface area contributed by atoms with E-state index in [2.05, 4.69) is 25.2 Å². The van der Waals surface area contributed by atoms with E-state index in [1.54, 1.807) is 0 Å². The van der Waals surface area contributed by atoms with E-state index in [4.69, 9.17) is 0 Å². The van der Waals surface area contributed by atoms with Crippen LogP contribution in [-0.2, 0) is 9.59 Å². The summed E-state index contributed by atoms with van der Waals surface area (Å²) in [6, 6.07) is 0. The van der Waals surface area contributed by atoms with Crippen LogP contribution in [0.4, 0.5) is 0 Å². The smallest absolute Gasteiger partial charge is 0.224 e. The number of hydrogen-bond donors (Lipinski definition) is 1. The molecule has 6 atom stereocenters. The molecule has 4 rings (SSSR count). The highest BCUT2D eigenvalue weighted by atomic mass is 16.1. The number of rotatable bonds is 1. The van der Waals surface area contributed by atoms with Gasteiger partial charge in [-0.2, -0.15) is 0 Å². The van der Waals surface area contributed by atoms with Crippen molar-refractivity contribution >= 4 is 12.2 Å². The molecule has 1 saturated heterocycles. The summed E-state index contributed by atoms with van der Waals surface area (Å²) in [5, 5.41) is 3.15. The van der Waals surface area contributed by atoms with E-state index in [-0.39, 0.29) is 22.7 Å². The molecule has 0 aromatic carbocycles. The van der Waals surface area contributed by atoms with E-state index in [9.17, 15) is 9.59 Å². The van der Waals surface area contributed by atoms with E-state index in [1.165, 1.54) is 31.2 Å². The van der Waals surface area contributed by atoms with Crippen LogP contribution in [0.5, 0.6) is 0 Å². The van der Waals surface area contributed by atoms with Crippen molar-refractivity contribution < 1.29 is 9.59 Å². The summed E-state index contributed by atoms with van der Waals surface area (Å²) in [4.78, 5) is 23.2. The molecule has 1 heterocycles. The third-order valence-electron chi connectivity index (χ3n) is 7.85. The lowest BCUT2D eigenvalue weighted by Gasteiger charge is -2.57. The quantitative estimate of drug-likeness (QED) is 0.754. The SMILES string of the molecule is CC12CCC(=O)NC1=CCC1C2CCC2(C)C1CC[C@@H]2C=O. The molecule has 0 radical (unpaired) electrons. The number of hydrogen-bond acceptors (Lipinski definition) is 2. The van der Waals surface area contributed by atoms with Crippen LogP contribution in [0.2, 0.25) is 0 Å². The maximum atomic E-state index is 11.7. The van der Waals surface area contributed by atoms with Gasteiger partial charge in [0.05, 0.1) is 0 Å². The van der Waals surface area contributed by atoms with Gasteiger partial charge in [-0.3, -0.25) is 4.79 Å². The molecular weight excluding hydrogens is 274 g/mol. The van der Waals surface area contributed by atoms with Crippen molar-refractivity contribution in [1.82, 2.24) is 5.32 Å². The lowest BCUT2D eigenvalue weighted by molar-refractivity contribution is -0.126. The van der Waals surface area contributed by atoms with Gasteiger partial charge in [0.1, 0.15) is 6.29 Å². The number of allylic oxidation sites excluding steroid dienone is 2. The molecule has 3 fully saturated rings. The van der Waals surface area contributed by atoms with Gasteiger partial charge in [0.15, 0.2) is 0 Å². The fourth-order valence-corrected chi connectivity index (χ4v) is 6.46. The van der Waals surface area contributed by atoms with Crippen LogP contribution < -0.4 is 5.32 Å². The normalized spacial score (nSPS) is 50.3. The monoisotopic (exact) mass is 301 g/mol. The second kappa shape index (κ2) is 4.69. The highest BCUT2D eigenvalue weighted by Crippen LogP contribution is 2.64. The molecule has 3 aliphatic carbocycles. The second-order valence-corrected chi connectivity index (χ2v) is 8.56. The van der Waals surface area contributed by atoms with Crippen LogP contribution in [0.1, 0.15) is 58.8 Å². The number of carbonyl (C=O) groups excluding carboxylic acids is 2. The zero-order chi connectivity index (χ0) is 15.5. The molecule has 0 aromatic rings. The molecule has 0 aromatic heterocycles. The van der Waals surface area contributed by atoms with Crippen LogP contribution in [0.3, 0.4) is 0 Å². The van der Waals surface area contributed by atoms with Crippen LogP contribution >= 0.6 is 0 Å². The standard InChI is InChI=1S/C19H27NO2/c1-18-9-7-15-13(14(18)5-3-12(18)11-21)4-6-16-19(15,2)10-8-17(22)20-16/h6,11-15H,3-5,7-10H2,1-2H3,(H,20,22)/t12-,13?,14?,15?,18?,19?/m1/s1. The zero-order valence-electron chi connectivity index (χ0n) is 13.7. The molecule has 3 nitrogen and oxygen atoms in total. The average molecular weight is 301 g/mol. The van der Waals surface area contributed by atoms with Crippen LogP contribution in [0, 0.1) is 34.5 Å². The molecule has 1 aliphatic heterocycles. The van der Waals surface area contributed by atoms with Gasteiger partial charge in [-0.25, -0.2) is 0 Å². The first-order valence-electron chi connectivity index (χ1n) is 8.95. The Bertz CT molecular complexity index is 554. The van der Waals surface area contributed by atoms with Crippen LogP contribution in [-0.4, -0.2) is 12.2 Å². The minimum Gasteiger partial charge on any atom is -0.330 e. The van der Waals surface area contributed by atoms with Crippen molar-refractivity contribution in [1.29, 1.82) is 0 Å². The summed E-state index contributed by atoms with van der Waals surface area (Å²) >= 11 is 0. The Morgan fingerprint density at radius 1 is 1.18 bits per heavy atom. The Labute approximate surface area is 132 Å². The maximum absolute atomic E-state index is 11.7. The summed E-state index contributed by atoms with van der Waals surface area (Å²) in [6.07, 6.45) is 11.0. The largest absolute Gasteiger partial charge is 0.330 e. The predicted octanol–water partition coefficient (Wildman–Crippen LogP) is 3.45. The van der Waals surface area contributed by atoms with Gasteiger partial charge in [-0.1, -0.05) is 19.9 Å². The molecule has 0 spiro atoms. The van der Waals surface area contributed by atoms with Gasteiger partial charge in [-0.05, 0) is 61.7 Å². The lowest BCUT2D eigenvalue weighted by atomic mass is 9.49. The van der Waals surface area contributed by atoms with Crippen LogP contribution in [0.25, 0.3) is 0 Å². The van der Waals surface area contributed by atoms with E-state index >= 15 is 0 Å². The van der Waals surface area contributed by atoms with E-state index in [0.717, 1.165) is 19.3 Å². The number of amides is 1. The number of piperidine rings is 1. The van der Waals surface area contributed by atoms with Gasteiger partial charge >= 0.3 is 0 Å². The molecule has 22 heavy (non-hydrogen) atoms. The fraction of sp³-hybridized carbons (Fsp3) is 0.789. The first-order chi connectivity index (χ1) is 10.5. The minimum atomic E-state index is 0.150. The van der Waals surface area contributed by atoms with Gasteiger partial charge in [-0.15, -0.1) is 0 Å². The summed E-state index contributed by atoms with van der Waals surface area (Å²) in [7, 11) is 0. The summed E-state index contributed by atoms with van der Waals surface area (Å²) in [5.74, 6) is 2.52. The zero-order valence-corrected chi connectivity index (χ0v) is 13.7. The lowest BCUT2D eigenvalue weighted by Crippen LogP contribution is -2.53. The Kier molecular flexibility index (Phi) is 3.08. The first kappa shape index (κ1) is 14.5. The molecule has 1 N–H and O–H groups in total. The molecule has 1 amide bonds. The van der Waals surface area contributed by atoms with E-state index in [0.29, 0.717) is 24.2 Å². The number of carbonyl (C=O) groups is 2. The number of nitrogens with one attached hydrogen (secondary N) is 1. The Morgan fingerprint density at radius 3 is 2.77 bits per heavy atom. The Balaban J connectivity index is 1.68. The topological polar surface area (TPSA) is 46.2 Å². The van der Waals surface area contributed by atoms with Crippen LogP contribution in [0.15, 0.2) is 11.8 Å². The maximum Gasteiger partial charge on any atom is 0.224 e. The van der Waals surface area contributed by atoms with Gasteiger partial charge < -0.3 is 10.1 Å². The van der Waals surface area contributed by atoms with Crippen molar-refractivity contribution in [3.63, 3.8) is 0 Å². The second-order valence-electron chi connectivity index (χ2n) is 8.56.